The van der Waals surface area contributed by atoms with Gasteiger partial charge in [0.2, 0.25) is 0 Å². The number of halogens is 1. The van der Waals surface area contributed by atoms with Crippen LogP contribution in [0.1, 0.15) is 30.1 Å². The lowest BCUT2D eigenvalue weighted by molar-refractivity contribution is 0.0980. The molecule has 0 radical (unpaired) electrons. The molecule has 0 aromatic heterocycles. The molecule has 0 unspecified atom stereocenters. The van der Waals surface area contributed by atoms with Gasteiger partial charge in [0, 0.05) is 13.1 Å². The summed E-state index contributed by atoms with van der Waals surface area (Å²) < 4.78 is 19.0. The summed E-state index contributed by atoms with van der Waals surface area (Å²) in [5, 5.41) is 0. The summed E-state index contributed by atoms with van der Waals surface area (Å²) in [6.45, 7) is 3.40. The van der Waals surface area contributed by atoms with E-state index in [1.165, 1.54) is 19.1 Å². The van der Waals surface area contributed by atoms with Gasteiger partial charge in [0.05, 0.1) is 5.56 Å². The van der Waals surface area contributed by atoms with Crippen LogP contribution in [0, 0.1) is 5.82 Å². The molecule has 1 fully saturated rings. The van der Waals surface area contributed by atoms with Crippen LogP contribution in [0.2, 0.25) is 0 Å². The normalized spacial score (nSPS) is 17.7. The molecule has 4 heteroatoms. The minimum absolute atomic E-state index is 0.116. The Kier molecular flexibility index (Phi) is 3.97. The maximum atomic E-state index is 13.1. The predicted octanol–water partition coefficient (Wildman–Crippen LogP) is 2.50. The number of rotatable bonds is 3. The summed E-state index contributed by atoms with van der Waals surface area (Å²) in [5.41, 5.74) is 0.328. The van der Waals surface area contributed by atoms with Gasteiger partial charge in [-0.1, -0.05) is 0 Å². The summed E-state index contributed by atoms with van der Waals surface area (Å²) in [5.74, 6) is -0.0770. The number of hydrogen-bond donors (Lipinski definition) is 0. The highest BCUT2D eigenvalue weighted by Crippen LogP contribution is 2.24. The third kappa shape index (κ3) is 3.07. The first-order chi connectivity index (χ1) is 8.56. The van der Waals surface area contributed by atoms with Gasteiger partial charge in [-0.05, 0) is 45.0 Å². The lowest BCUT2D eigenvalue weighted by Gasteiger charge is -2.29. The molecule has 18 heavy (non-hydrogen) atoms. The molecule has 0 aliphatic carbocycles. The number of likely N-dealkylation sites (tertiary alicyclic amines) is 1. The zero-order chi connectivity index (χ0) is 13.1. The first-order valence-electron chi connectivity index (χ1n) is 6.22. The van der Waals surface area contributed by atoms with Crippen LogP contribution in [0.3, 0.4) is 0 Å². The van der Waals surface area contributed by atoms with Crippen molar-refractivity contribution in [2.75, 3.05) is 20.1 Å². The fourth-order valence-electron chi connectivity index (χ4n) is 2.16. The van der Waals surface area contributed by atoms with Gasteiger partial charge < -0.3 is 9.64 Å². The Labute approximate surface area is 107 Å². The van der Waals surface area contributed by atoms with Gasteiger partial charge in [0.15, 0.2) is 5.78 Å². The Hall–Kier alpha value is -1.42. The van der Waals surface area contributed by atoms with Crippen molar-refractivity contribution in [2.45, 2.75) is 25.9 Å². The van der Waals surface area contributed by atoms with Crippen molar-refractivity contribution < 1.29 is 13.9 Å². The molecular weight excluding hydrogens is 233 g/mol. The fraction of sp³-hybridized carbons (Fsp3) is 0.500. The quantitative estimate of drug-likeness (QED) is 0.773. The van der Waals surface area contributed by atoms with Gasteiger partial charge in [-0.15, -0.1) is 0 Å². The third-order valence-electron chi connectivity index (χ3n) is 3.28. The monoisotopic (exact) mass is 251 g/mol. The number of ketones is 1. The van der Waals surface area contributed by atoms with Gasteiger partial charge in [0.1, 0.15) is 17.7 Å². The van der Waals surface area contributed by atoms with Crippen LogP contribution in [-0.4, -0.2) is 36.9 Å². The van der Waals surface area contributed by atoms with Gasteiger partial charge in [-0.25, -0.2) is 4.39 Å². The van der Waals surface area contributed by atoms with Crippen molar-refractivity contribution in [1.82, 2.24) is 4.90 Å². The number of carbonyl (C=O) groups excluding carboxylic acids is 1. The number of ether oxygens (including phenoxy) is 1. The van der Waals surface area contributed by atoms with Crippen LogP contribution in [0.4, 0.5) is 4.39 Å². The van der Waals surface area contributed by atoms with Crippen molar-refractivity contribution in [2.24, 2.45) is 0 Å². The number of carbonyl (C=O) groups is 1. The summed E-state index contributed by atoms with van der Waals surface area (Å²) in [6, 6.07) is 4.12. The molecule has 0 saturated carbocycles. The predicted molar refractivity (Wildman–Crippen MR) is 67.6 cm³/mol. The molecule has 1 aliphatic rings. The fourth-order valence-corrected chi connectivity index (χ4v) is 2.16. The van der Waals surface area contributed by atoms with E-state index >= 15 is 0 Å². The number of nitrogens with zero attached hydrogens (tertiary/aromatic N) is 1. The Morgan fingerprint density at radius 3 is 2.67 bits per heavy atom. The number of piperidine rings is 1. The molecule has 1 saturated heterocycles. The van der Waals surface area contributed by atoms with Crippen LogP contribution >= 0.6 is 0 Å². The Balaban J connectivity index is 2.11. The van der Waals surface area contributed by atoms with Crippen molar-refractivity contribution in [1.29, 1.82) is 0 Å². The summed E-state index contributed by atoms with van der Waals surface area (Å²) in [4.78, 5) is 13.7. The SMILES string of the molecule is CC(=O)c1cc(F)ccc1OC1CCN(C)CC1. The number of benzene rings is 1. The highest BCUT2D eigenvalue weighted by Gasteiger charge is 2.20. The average Bonchev–Trinajstić information content (AvgIpc) is 2.34. The van der Waals surface area contributed by atoms with E-state index in [9.17, 15) is 9.18 Å². The second-order valence-corrected chi connectivity index (χ2v) is 4.82. The van der Waals surface area contributed by atoms with E-state index in [4.69, 9.17) is 4.74 Å². The molecule has 1 aromatic carbocycles. The van der Waals surface area contributed by atoms with Gasteiger partial charge in [0.25, 0.3) is 0 Å². The van der Waals surface area contributed by atoms with E-state index in [0.29, 0.717) is 11.3 Å². The van der Waals surface area contributed by atoms with Gasteiger partial charge in [-0.3, -0.25) is 4.79 Å². The van der Waals surface area contributed by atoms with Crippen molar-refractivity contribution in [3.63, 3.8) is 0 Å². The minimum atomic E-state index is -0.407. The number of Topliss-reactive ketones (excluding diaryl/α,β-unsaturated/α-hetero) is 1. The maximum Gasteiger partial charge on any atom is 0.163 e. The number of hydrogen-bond acceptors (Lipinski definition) is 3. The van der Waals surface area contributed by atoms with E-state index < -0.39 is 5.82 Å². The first kappa shape index (κ1) is 13.0. The van der Waals surface area contributed by atoms with E-state index in [-0.39, 0.29) is 11.9 Å². The van der Waals surface area contributed by atoms with Crippen LogP contribution in [0.15, 0.2) is 18.2 Å². The molecule has 1 aromatic rings. The van der Waals surface area contributed by atoms with E-state index in [1.807, 2.05) is 0 Å². The summed E-state index contributed by atoms with van der Waals surface area (Å²) in [7, 11) is 2.08. The molecule has 0 bridgehead atoms. The topological polar surface area (TPSA) is 29.5 Å². The lowest BCUT2D eigenvalue weighted by atomic mass is 10.1. The summed E-state index contributed by atoms with van der Waals surface area (Å²) >= 11 is 0. The van der Waals surface area contributed by atoms with E-state index in [1.54, 1.807) is 6.07 Å². The highest BCUT2D eigenvalue weighted by atomic mass is 19.1. The average molecular weight is 251 g/mol. The molecule has 0 N–H and O–H groups in total. The second-order valence-electron chi connectivity index (χ2n) is 4.82. The zero-order valence-corrected chi connectivity index (χ0v) is 10.8. The van der Waals surface area contributed by atoms with E-state index in [2.05, 4.69) is 11.9 Å². The van der Waals surface area contributed by atoms with Crippen LogP contribution < -0.4 is 4.74 Å². The molecule has 0 spiro atoms. The molecule has 0 atom stereocenters. The van der Waals surface area contributed by atoms with Crippen LogP contribution in [0.25, 0.3) is 0 Å². The largest absolute Gasteiger partial charge is 0.490 e. The Morgan fingerprint density at radius 1 is 1.39 bits per heavy atom. The minimum Gasteiger partial charge on any atom is -0.490 e. The molecule has 2 rings (SSSR count). The first-order valence-corrected chi connectivity index (χ1v) is 6.22. The van der Waals surface area contributed by atoms with Gasteiger partial charge >= 0.3 is 0 Å². The molecule has 3 nitrogen and oxygen atoms in total. The van der Waals surface area contributed by atoms with Crippen LogP contribution in [0.5, 0.6) is 5.75 Å². The summed E-state index contributed by atoms with van der Waals surface area (Å²) in [6.07, 6.45) is 1.99. The van der Waals surface area contributed by atoms with Crippen molar-refractivity contribution in [3.05, 3.63) is 29.6 Å². The van der Waals surface area contributed by atoms with Crippen LogP contribution in [-0.2, 0) is 0 Å². The standard InChI is InChI=1S/C14H18FNO2/c1-10(17)13-9-11(15)3-4-14(13)18-12-5-7-16(2)8-6-12/h3-4,9,12H,5-8H2,1-2H3. The maximum absolute atomic E-state index is 13.1. The van der Waals surface area contributed by atoms with Gasteiger partial charge in [-0.2, -0.15) is 0 Å². The molecule has 98 valence electrons. The molecular formula is C14H18FNO2. The lowest BCUT2D eigenvalue weighted by Crippen LogP contribution is -2.35. The molecule has 1 aliphatic heterocycles. The second kappa shape index (κ2) is 5.48. The third-order valence-corrected chi connectivity index (χ3v) is 3.28. The molecule has 1 heterocycles. The smallest absolute Gasteiger partial charge is 0.163 e. The Bertz CT molecular complexity index is 439. The highest BCUT2D eigenvalue weighted by molar-refractivity contribution is 5.96. The van der Waals surface area contributed by atoms with Crippen molar-refractivity contribution in [3.8, 4) is 5.75 Å². The molecule has 0 amide bonds. The Morgan fingerprint density at radius 2 is 2.06 bits per heavy atom. The van der Waals surface area contributed by atoms with Crippen molar-refractivity contribution >= 4 is 5.78 Å². The van der Waals surface area contributed by atoms with E-state index in [0.717, 1.165) is 25.9 Å². The zero-order valence-electron chi connectivity index (χ0n) is 10.8.